The highest BCUT2D eigenvalue weighted by Gasteiger charge is 2.22. The van der Waals surface area contributed by atoms with Crippen molar-refractivity contribution in [2.75, 3.05) is 19.6 Å². The normalized spacial score (nSPS) is 19.1. The number of amides is 1. The first kappa shape index (κ1) is 16.0. The molecule has 1 saturated heterocycles. The van der Waals surface area contributed by atoms with Gasteiger partial charge in [0.1, 0.15) is 6.04 Å². The van der Waals surface area contributed by atoms with Gasteiger partial charge in [0.05, 0.1) is 6.54 Å². The smallest absolute Gasteiger partial charge is 0.326 e. The van der Waals surface area contributed by atoms with Gasteiger partial charge in [0.25, 0.3) is 0 Å². The molecule has 2 N–H and O–H groups in total. The third kappa shape index (κ3) is 6.05. The molecule has 0 saturated carbocycles. The lowest BCUT2D eigenvalue weighted by Crippen LogP contribution is -2.47. The maximum absolute atomic E-state index is 11.9. The van der Waals surface area contributed by atoms with Crippen LogP contribution in [0, 0.1) is 5.92 Å². The summed E-state index contributed by atoms with van der Waals surface area (Å²) in [5.74, 6) is -0.372. The molecule has 1 amide bonds. The molecule has 1 aliphatic heterocycles. The van der Waals surface area contributed by atoms with Crippen molar-refractivity contribution < 1.29 is 14.7 Å². The van der Waals surface area contributed by atoms with E-state index in [1.54, 1.807) is 0 Å². The van der Waals surface area contributed by atoms with Gasteiger partial charge in [0.15, 0.2) is 0 Å². The second kappa shape index (κ2) is 8.15. The van der Waals surface area contributed by atoms with Crippen LogP contribution in [0.5, 0.6) is 0 Å². The van der Waals surface area contributed by atoms with Gasteiger partial charge in [0, 0.05) is 0 Å². The van der Waals surface area contributed by atoms with Crippen molar-refractivity contribution in [1.82, 2.24) is 10.2 Å². The number of carboxylic acids is 1. The van der Waals surface area contributed by atoms with Gasteiger partial charge >= 0.3 is 5.97 Å². The van der Waals surface area contributed by atoms with E-state index in [2.05, 4.69) is 17.1 Å². The van der Waals surface area contributed by atoms with Gasteiger partial charge in [0.2, 0.25) is 5.91 Å². The lowest BCUT2D eigenvalue weighted by Gasteiger charge is -2.29. The first-order valence-corrected chi connectivity index (χ1v) is 7.27. The minimum atomic E-state index is -0.936. The van der Waals surface area contributed by atoms with Crippen LogP contribution < -0.4 is 5.32 Å². The molecule has 0 bridgehead atoms. The van der Waals surface area contributed by atoms with E-state index in [4.69, 9.17) is 5.11 Å². The highest BCUT2D eigenvalue weighted by Crippen LogP contribution is 2.15. The third-order valence-electron chi connectivity index (χ3n) is 3.72. The van der Waals surface area contributed by atoms with Crippen molar-refractivity contribution in [3.63, 3.8) is 0 Å². The van der Waals surface area contributed by atoms with Crippen molar-refractivity contribution in [3.8, 4) is 0 Å². The molecular weight excluding hydrogens is 244 g/mol. The minimum absolute atomic E-state index is 0.168. The van der Waals surface area contributed by atoms with Crippen LogP contribution in [0.15, 0.2) is 0 Å². The summed E-state index contributed by atoms with van der Waals surface area (Å²) in [6.07, 6.45) is 4.49. The molecule has 0 unspecified atom stereocenters. The predicted octanol–water partition coefficient (Wildman–Crippen LogP) is 1.48. The number of nitrogens with zero attached hydrogens (tertiary/aromatic N) is 1. The number of hydrogen-bond donors (Lipinski definition) is 2. The van der Waals surface area contributed by atoms with E-state index in [1.165, 1.54) is 0 Å². The molecule has 5 nitrogen and oxygen atoms in total. The Morgan fingerprint density at radius 2 is 2.00 bits per heavy atom. The second-order valence-electron chi connectivity index (χ2n) is 5.56. The van der Waals surface area contributed by atoms with Gasteiger partial charge in [-0.15, -0.1) is 0 Å². The molecule has 0 aromatic carbocycles. The molecule has 1 atom stereocenters. The zero-order valence-electron chi connectivity index (χ0n) is 12.0. The lowest BCUT2D eigenvalue weighted by molar-refractivity contribution is -0.142. The molecule has 1 aliphatic rings. The Labute approximate surface area is 115 Å². The fraction of sp³-hybridized carbons (Fsp3) is 0.857. The Balaban J connectivity index is 2.33. The molecule has 1 heterocycles. The molecule has 0 aromatic rings. The summed E-state index contributed by atoms with van der Waals surface area (Å²) in [5.41, 5.74) is 0. The topological polar surface area (TPSA) is 69.6 Å². The lowest BCUT2D eigenvalue weighted by atomic mass is 9.99. The summed E-state index contributed by atoms with van der Waals surface area (Å²) in [6.45, 7) is 6.42. The molecule has 19 heavy (non-hydrogen) atoms. The van der Waals surface area contributed by atoms with Gasteiger partial charge in [-0.25, -0.2) is 4.79 Å². The van der Waals surface area contributed by atoms with Gasteiger partial charge in [-0.05, 0) is 38.3 Å². The number of aliphatic carboxylic acids is 1. The zero-order chi connectivity index (χ0) is 14.3. The maximum Gasteiger partial charge on any atom is 0.326 e. The van der Waals surface area contributed by atoms with Crippen molar-refractivity contribution in [3.05, 3.63) is 0 Å². The number of unbranched alkanes of at least 4 members (excludes halogenated alkanes) is 1. The number of carbonyl (C=O) groups is 2. The Morgan fingerprint density at radius 3 is 2.53 bits per heavy atom. The summed E-state index contributed by atoms with van der Waals surface area (Å²) in [6, 6.07) is -0.740. The van der Waals surface area contributed by atoms with Crippen LogP contribution >= 0.6 is 0 Å². The minimum Gasteiger partial charge on any atom is -0.480 e. The van der Waals surface area contributed by atoms with Crippen LogP contribution in [0.1, 0.15) is 46.0 Å². The maximum atomic E-state index is 11.9. The van der Waals surface area contributed by atoms with Crippen molar-refractivity contribution in [1.29, 1.82) is 0 Å². The van der Waals surface area contributed by atoms with Crippen molar-refractivity contribution in [2.45, 2.75) is 52.0 Å². The molecule has 110 valence electrons. The van der Waals surface area contributed by atoms with Crippen LogP contribution in [-0.4, -0.2) is 47.6 Å². The standard InChI is InChI=1S/C14H26N2O3/c1-3-4-5-12(14(18)19)15-13(17)10-16-8-6-11(2)7-9-16/h11-12H,3-10H2,1-2H3,(H,15,17)(H,18,19)/t12-/m0/s1. The summed E-state index contributed by atoms with van der Waals surface area (Å²) in [5, 5.41) is 11.7. The number of nitrogens with one attached hydrogen (secondary N) is 1. The Morgan fingerprint density at radius 1 is 1.37 bits per heavy atom. The highest BCUT2D eigenvalue weighted by molar-refractivity contribution is 5.84. The highest BCUT2D eigenvalue weighted by atomic mass is 16.4. The SMILES string of the molecule is CCCC[C@H](NC(=O)CN1CCC(C)CC1)C(=O)O. The first-order chi connectivity index (χ1) is 9.02. The summed E-state index contributed by atoms with van der Waals surface area (Å²) < 4.78 is 0. The molecule has 1 rings (SSSR count). The molecule has 0 aromatic heterocycles. The summed E-state index contributed by atoms with van der Waals surface area (Å²) >= 11 is 0. The van der Waals surface area contributed by atoms with Crippen LogP contribution in [0.25, 0.3) is 0 Å². The van der Waals surface area contributed by atoms with E-state index in [1.807, 2.05) is 6.92 Å². The Kier molecular flexibility index (Phi) is 6.84. The van der Waals surface area contributed by atoms with Gasteiger partial charge in [-0.1, -0.05) is 26.7 Å². The van der Waals surface area contributed by atoms with E-state index < -0.39 is 12.0 Å². The van der Waals surface area contributed by atoms with E-state index >= 15 is 0 Å². The van der Waals surface area contributed by atoms with E-state index in [0.717, 1.165) is 44.7 Å². The van der Waals surface area contributed by atoms with Crippen LogP contribution in [0.4, 0.5) is 0 Å². The molecule has 0 aliphatic carbocycles. The average molecular weight is 270 g/mol. The van der Waals surface area contributed by atoms with E-state index in [0.29, 0.717) is 13.0 Å². The Hall–Kier alpha value is -1.10. The average Bonchev–Trinajstić information content (AvgIpc) is 2.37. The number of likely N-dealkylation sites (tertiary alicyclic amines) is 1. The largest absolute Gasteiger partial charge is 0.480 e. The molecule has 0 spiro atoms. The fourth-order valence-electron chi connectivity index (χ4n) is 2.33. The number of carboxylic acid groups (broad SMARTS) is 1. The van der Waals surface area contributed by atoms with Gasteiger partial charge < -0.3 is 10.4 Å². The number of hydrogen-bond acceptors (Lipinski definition) is 3. The molecule has 0 radical (unpaired) electrons. The van der Waals surface area contributed by atoms with Crippen LogP contribution in [-0.2, 0) is 9.59 Å². The number of piperidine rings is 1. The molecule has 1 fully saturated rings. The number of carbonyl (C=O) groups excluding carboxylic acids is 1. The molecule has 5 heteroatoms. The first-order valence-electron chi connectivity index (χ1n) is 7.27. The zero-order valence-corrected chi connectivity index (χ0v) is 12.0. The van der Waals surface area contributed by atoms with E-state index in [9.17, 15) is 9.59 Å². The fourth-order valence-corrected chi connectivity index (χ4v) is 2.33. The van der Waals surface area contributed by atoms with E-state index in [-0.39, 0.29) is 5.91 Å². The Bertz CT molecular complexity index is 299. The quantitative estimate of drug-likeness (QED) is 0.735. The van der Waals surface area contributed by atoms with Crippen molar-refractivity contribution in [2.24, 2.45) is 5.92 Å². The third-order valence-corrected chi connectivity index (χ3v) is 3.72. The van der Waals surface area contributed by atoms with Gasteiger partial charge in [-0.3, -0.25) is 9.69 Å². The van der Waals surface area contributed by atoms with Crippen LogP contribution in [0.2, 0.25) is 0 Å². The predicted molar refractivity (Wildman–Crippen MR) is 73.9 cm³/mol. The van der Waals surface area contributed by atoms with Crippen LogP contribution in [0.3, 0.4) is 0 Å². The van der Waals surface area contributed by atoms with Crippen molar-refractivity contribution >= 4 is 11.9 Å². The number of rotatable bonds is 7. The molecular formula is C14H26N2O3. The summed E-state index contributed by atoms with van der Waals surface area (Å²) in [4.78, 5) is 25.0. The second-order valence-corrected chi connectivity index (χ2v) is 5.56. The monoisotopic (exact) mass is 270 g/mol. The summed E-state index contributed by atoms with van der Waals surface area (Å²) in [7, 11) is 0. The van der Waals surface area contributed by atoms with Gasteiger partial charge in [-0.2, -0.15) is 0 Å².